The van der Waals surface area contributed by atoms with E-state index in [1.165, 1.54) is 63.4 Å². The fraction of sp³-hybridized carbons (Fsp3) is 0.750. The first-order chi connectivity index (χ1) is 15.8. The SMILES string of the molecule is CC[C@]1(O)CC[C@@]2(C)C(=CC[C@H]3[C@@H]4CC[C@H]([C@H](C)CCCc5ccccc5)[C@@]4(C)CC[C@@H]32)C1. The molecule has 4 aliphatic rings. The first-order valence-corrected chi connectivity index (χ1v) is 14.2. The third-order valence-corrected chi connectivity index (χ3v) is 11.6. The fourth-order valence-electron chi connectivity index (χ4n) is 9.46. The molecule has 0 radical (unpaired) electrons. The molecule has 1 heteroatoms. The summed E-state index contributed by atoms with van der Waals surface area (Å²) in [6, 6.07) is 11.1. The molecule has 0 bridgehead atoms. The van der Waals surface area contributed by atoms with Crippen LogP contribution in [0, 0.1) is 40.4 Å². The molecule has 0 heterocycles. The predicted octanol–water partition coefficient (Wildman–Crippen LogP) is 8.37. The lowest BCUT2D eigenvalue weighted by Crippen LogP contribution is -2.52. The highest BCUT2D eigenvalue weighted by molar-refractivity contribution is 5.27. The summed E-state index contributed by atoms with van der Waals surface area (Å²) in [7, 11) is 0. The van der Waals surface area contributed by atoms with Gasteiger partial charge in [-0.1, -0.05) is 76.1 Å². The third kappa shape index (κ3) is 4.05. The van der Waals surface area contributed by atoms with Crippen molar-refractivity contribution in [3.8, 4) is 0 Å². The highest BCUT2D eigenvalue weighted by Gasteiger charge is 2.59. The molecule has 3 fully saturated rings. The normalized spacial score (nSPS) is 43.2. The van der Waals surface area contributed by atoms with E-state index in [1.54, 1.807) is 5.57 Å². The van der Waals surface area contributed by atoms with Crippen molar-refractivity contribution in [2.45, 2.75) is 110 Å². The van der Waals surface area contributed by atoms with Gasteiger partial charge >= 0.3 is 0 Å². The van der Waals surface area contributed by atoms with Gasteiger partial charge in [0, 0.05) is 0 Å². The van der Waals surface area contributed by atoms with Crippen LogP contribution in [0.5, 0.6) is 0 Å². The summed E-state index contributed by atoms with van der Waals surface area (Å²) in [5.41, 5.74) is 3.58. The maximum Gasteiger partial charge on any atom is 0.0682 e. The average Bonchev–Trinajstić information content (AvgIpc) is 3.17. The van der Waals surface area contributed by atoms with Gasteiger partial charge in [0.1, 0.15) is 0 Å². The van der Waals surface area contributed by atoms with Crippen molar-refractivity contribution in [3.63, 3.8) is 0 Å². The molecule has 1 aromatic rings. The second-order valence-electron chi connectivity index (χ2n) is 13.1. The largest absolute Gasteiger partial charge is 0.390 e. The van der Waals surface area contributed by atoms with Crippen LogP contribution in [0.1, 0.15) is 104 Å². The van der Waals surface area contributed by atoms with Crippen LogP contribution in [0.4, 0.5) is 0 Å². The Balaban J connectivity index is 1.27. The van der Waals surface area contributed by atoms with Gasteiger partial charge in [-0.2, -0.15) is 0 Å². The van der Waals surface area contributed by atoms with Crippen LogP contribution >= 0.6 is 0 Å². The maximum atomic E-state index is 11.0. The second-order valence-corrected chi connectivity index (χ2v) is 13.1. The monoisotopic (exact) mass is 448 g/mol. The van der Waals surface area contributed by atoms with E-state index in [4.69, 9.17) is 0 Å². The number of rotatable bonds is 6. The number of hydrogen-bond donors (Lipinski definition) is 1. The molecule has 8 atom stereocenters. The molecule has 0 spiro atoms. The van der Waals surface area contributed by atoms with Crippen molar-refractivity contribution in [2.75, 3.05) is 0 Å². The highest BCUT2D eigenvalue weighted by atomic mass is 16.3. The van der Waals surface area contributed by atoms with Gasteiger partial charge in [0.05, 0.1) is 5.60 Å². The summed E-state index contributed by atoms with van der Waals surface area (Å²) in [6.07, 6.45) is 17.7. The molecule has 0 aliphatic heterocycles. The molecule has 1 N–H and O–H groups in total. The molecule has 0 aromatic heterocycles. The minimum Gasteiger partial charge on any atom is -0.390 e. The van der Waals surface area contributed by atoms with E-state index >= 15 is 0 Å². The quantitative estimate of drug-likeness (QED) is 0.433. The number of hydrogen-bond acceptors (Lipinski definition) is 1. The number of aryl methyl sites for hydroxylation is 1. The second kappa shape index (κ2) is 8.85. The van der Waals surface area contributed by atoms with Crippen molar-refractivity contribution in [1.29, 1.82) is 0 Å². The van der Waals surface area contributed by atoms with Gasteiger partial charge in [-0.15, -0.1) is 0 Å². The van der Waals surface area contributed by atoms with Crippen molar-refractivity contribution in [1.82, 2.24) is 0 Å². The summed E-state index contributed by atoms with van der Waals surface area (Å²) in [5, 5.41) is 11.0. The number of allylic oxidation sites excluding steroid dienone is 1. The van der Waals surface area contributed by atoms with Gasteiger partial charge in [0.15, 0.2) is 0 Å². The predicted molar refractivity (Wildman–Crippen MR) is 139 cm³/mol. The fourth-order valence-corrected chi connectivity index (χ4v) is 9.46. The van der Waals surface area contributed by atoms with Crippen LogP contribution in [0.2, 0.25) is 0 Å². The summed E-state index contributed by atoms with van der Waals surface area (Å²) < 4.78 is 0. The van der Waals surface area contributed by atoms with E-state index in [0.717, 1.165) is 48.9 Å². The highest BCUT2D eigenvalue weighted by Crippen LogP contribution is 2.67. The zero-order valence-electron chi connectivity index (χ0n) is 21.8. The Hall–Kier alpha value is -1.08. The standard InChI is InChI=1S/C32H48O/c1-5-32(33)21-20-30(3)25(22-32)14-15-26-28-17-16-27(31(28,4)19-18-29(26)30)23(2)10-9-13-24-11-7-6-8-12-24/h6-8,11-12,14,23,26-29,33H,5,9-10,13,15-22H2,1-4H3/t23-,26+,27-,28+,29+,30+,31-,32+/m1/s1. The van der Waals surface area contributed by atoms with Crippen molar-refractivity contribution < 1.29 is 5.11 Å². The molecule has 0 amide bonds. The van der Waals surface area contributed by atoms with Crippen LogP contribution in [-0.4, -0.2) is 10.7 Å². The number of benzene rings is 1. The van der Waals surface area contributed by atoms with Crippen LogP contribution in [0.3, 0.4) is 0 Å². The van der Waals surface area contributed by atoms with Crippen molar-refractivity contribution in [3.05, 3.63) is 47.5 Å². The van der Waals surface area contributed by atoms with Gasteiger partial charge in [-0.25, -0.2) is 0 Å². The number of aliphatic hydroxyl groups is 1. The molecule has 0 unspecified atom stereocenters. The van der Waals surface area contributed by atoms with E-state index < -0.39 is 5.60 Å². The first kappa shape index (κ1) is 23.7. The topological polar surface area (TPSA) is 20.2 Å². The average molecular weight is 449 g/mol. The molecule has 182 valence electrons. The van der Waals surface area contributed by atoms with Gasteiger partial charge in [-0.3, -0.25) is 0 Å². The maximum absolute atomic E-state index is 11.0. The van der Waals surface area contributed by atoms with Crippen molar-refractivity contribution in [2.24, 2.45) is 40.4 Å². The summed E-state index contributed by atoms with van der Waals surface area (Å²) in [4.78, 5) is 0. The molecule has 1 nitrogen and oxygen atoms in total. The Kier molecular flexibility index (Phi) is 6.34. The Morgan fingerprint density at radius 2 is 1.79 bits per heavy atom. The zero-order chi connectivity index (χ0) is 23.3. The minimum atomic E-state index is -0.436. The van der Waals surface area contributed by atoms with Gasteiger partial charge in [0.2, 0.25) is 0 Å². The van der Waals surface area contributed by atoms with Gasteiger partial charge in [0.25, 0.3) is 0 Å². The first-order valence-electron chi connectivity index (χ1n) is 14.2. The van der Waals surface area contributed by atoms with E-state index in [-0.39, 0.29) is 0 Å². The summed E-state index contributed by atoms with van der Waals surface area (Å²) in [6.45, 7) is 10.0. The molecule has 1 aromatic carbocycles. The number of fused-ring (bicyclic) bond motifs is 5. The summed E-state index contributed by atoms with van der Waals surface area (Å²) in [5.74, 6) is 4.41. The minimum absolute atomic E-state index is 0.352. The molecule has 0 saturated heterocycles. The van der Waals surface area contributed by atoms with Gasteiger partial charge in [-0.05, 0) is 117 Å². The lowest BCUT2D eigenvalue weighted by molar-refractivity contribution is -0.0754. The molecule has 5 rings (SSSR count). The third-order valence-electron chi connectivity index (χ3n) is 11.6. The van der Waals surface area contributed by atoms with Gasteiger partial charge < -0.3 is 5.11 Å². The van der Waals surface area contributed by atoms with E-state index in [9.17, 15) is 5.11 Å². The Morgan fingerprint density at radius 3 is 2.55 bits per heavy atom. The molecule has 3 saturated carbocycles. The van der Waals surface area contributed by atoms with Crippen LogP contribution < -0.4 is 0 Å². The van der Waals surface area contributed by atoms with Crippen LogP contribution in [0.15, 0.2) is 42.0 Å². The van der Waals surface area contributed by atoms with Crippen LogP contribution in [0.25, 0.3) is 0 Å². The van der Waals surface area contributed by atoms with E-state index in [1.807, 2.05) is 0 Å². The zero-order valence-corrected chi connectivity index (χ0v) is 21.8. The Labute approximate surface area is 203 Å². The van der Waals surface area contributed by atoms with Crippen LogP contribution in [-0.2, 0) is 6.42 Å². The smallest absolute Gasteiger partial charge is 0.0682 e. The van der Waals surface area contributed by atoms with E-state index in [2.05, 4.69) is 64.1 Å². The molecule has 33 heavy (non-hydrogen) atoms. The molecule has 4 aliphatic carbocycles. The Bertz CT molecular complexity index is 857. The van der Waals surface area contributed by atoms with E-state index in [0.29, 0.717) is 10.8 Å². The lowest BCUT2D eigenvalue weighted by atomic mass is 9.46. The van der Waals surface area contributed by atoms with Crippen molar-refractivity contribution >= 4 is 0 Å². The molecular weight excluding hydrogens is 400 g/mol. The lowest BCUT2D eigenvalue weighted by Gasteiger charge is -2.59. The summed E-state index contributed by atoms with van der Waals surface area (Å²) >= 11 is 0. The Morgan fingerprint density at radius 1 is 1.00 bits per heavy atom. The molecular formula is C32H48O.